The first-order chi connectivity index (χ1) is 8.58. The molecule has 18 heavy (non-hydrogen) atoms. The highest BCUT2D eigenvalue weighted by atomic mass is 19.1. The molecule has 4 heteroatoms. The number of hydrogen-bond donors (Lipinski definition) is 1. The summed E-state index contributed by atoms with van der Waals surface area (Å²) >= 11 is 0. The second kappa shape index (κ2) is 5.12. The quantitative estimate of drug-likeness (QED) is 0.900. The van der Waals surface area contributed by atoms with Crippen LogP contribution < -0.4 is 5.32 Å². The van der Waals surface area contributed by atoms with Crippen molar-refractivity contribution in [2.75, 3.05) is 5.32 Å². The average molecular weight is 245 g/mol. The Bertz CT molecular complexity index is 554. The van der Waals surface area contributed by atoms with Gasteiger partial charge in [-0.2, -0.15) is 0 Å². The number of aromatic nitrogens is 2. The van der Waals surface area contributed by atoms with Gasteiger partial charge in [0.25, 0.3) is 0 Å². The van der Waals surface area contributed by atoms with E-state index in [1.165, 1.54) is 6.07 Å². The largest absolute Gasteiger partial charge is 0.362 e. The molecule has 1 aromatic heterocycles. The Labute approximate surface area is 106 Å². The van der Waals surface area contributed by atoms with Crippen molar-refractivity contribution < 1.29 is 4.39 Å². The highest BCUT2D eigenvalue weighted by Crippen LogP contribution is 2.21. The maximum atomic E-state index is 13.6. The van der Waals surface area contributed by atoms with Crippen LogP contribution in [-0.4, -0.2) is 9.97 Å². The lowest BCUT2D eigenvalue weighted by Gasteiger charge is -2.17. The summed E-state index contributed by atoms with van der Waals surface area (Å²) < 4.78 is 13.6. The molecule has 1 atom stereocenters. The van der Waals surface area contributed by atoms with E-state index in [1.807, 2.05) is 26.8 Å². The van der Waals surface area contributed by atoms with E-state index in [2.05, 4.69) is 15.3 Å². The van der Waals surface area contributed by atoms with Gasteiger partial charge < -0.3 is 5.32 Å². The molecule has 0 aliphatic carbocycles. The van der Waals surface area contributed by atoms with Crippen molar-refractivity contribution in [1.82, 2.24) is 9.97 Å². The molecule has 3 nitrogen and oxygen atoms in total. The van der Waals surface area contributed by atoms with Crippen LogP contribution >= 0.6 is 0 Å². The van der Waals surface area contributed by atoms with Crippen LogP contribution in [0.25, 0.3) is 0 Å². The highest BCUT2D eigenvalue weighted by Gasteiger charge is 2.12. The molecule has 0 aliphatic rings. The first-order valence-corrected chi connectivity index (χ1v) is 5.89. The number of rotatable bonds is 3. The minimum atomic E-state index is -0.212. The summed E-state index contributed by atoms with van der Waals surface area (Å²) in [4.78, 5) is 8.60. The van der Waals surface area contributed by atoms with Gasteiger partial charge in [-0.1, -0.05) is 18.2 Å². The summed E-state index contributed by atoms with van der Waals surface area (Å²) in [6, 6.07) is 6.59. The van der Waals surface area contributed by atoms with Crippen LogP contribution in [0.15, 0.2) is 30.5 Å². The highest BCUT2D eigenvalue weighted by molar-refractivity contribution is 5.42. The molecule has 94 valence electrons. The Balaban J connectivity index is 2.24. The Morgan fingerprint density at radius 1 is 1.22 bits per heavy atom. The molecular weight excluding hydrogens is 229 g/mol. The van der Waals surface area contributed by atoms with Gasteiger partial charge in [0, 0.05) is 11.8 Å². The van der Waals surface area contributed by atoms with Crippen molar-refractivity contribution >= 4 is 5.82 Å². The van der Waals surface area contributed by atoms with Crippen LogP contribution in [0.5, 0.6) is 0 Å². The number of nitrogens with one attached hydrogen (secondary N) is 1. The fraction of sp³-hybridized carbons (Fsp3) is 0.286. The van der Waals surface area contributed by atoms with Gasteiger partial charge in [-0.15, -0.1) is 0 Å². The molecule has 0 saturated heterocycles. The molecule has 2 aromatic rings. The maximum Gasteiger partial charge on any atom is 0.148 e. The van der Waals surface area contributed by atoms with Gasteiger partial charge in [-0.3, -0.25) is 4.98 Å². The fourth-order valence-electron chi connectivity index (χ4n) is 1.78. The molecule has 0 spiro atoms. The molecule has 1 aromatic carbocycles. The predicted octanol–water partition coefficient (Wildman–Crippen LogP) is 3.41. The van der Waals surface area contributed by atoms with Crippen molar-refractivity contribution in [2.24, 2.45) is 0 Å². The first kappa shape index (κ1) is 12.5. The maximum absolute atomic E-state index is 13.6. The molecule has 2 rings (SSSR count). The molecule has 1 N–H and O–H groups in total. The molecule has 0 radical (unpaired) electrons. The number of aryl methyl sites for hydroxylation is 2. The van der Waals surface area contributed by atoms with Crippen molar-refractivity contribution in [3.05, 3.63) is 53.2 Å². The van der Waals surface area contributed by atoms with Crippen LogP contribution in [0.3, 0.4) is 0 Å². The lowest BCUT2D eigenvalue weighted by Crippen LogP contribution is -2.11. The molecule has 0 fully saturated rings. The molecule has 1 heterocycles. The third-order valence-corrected chi connectivity index (χ3v) is 2.80. The molecular formula is C14H16FN3. The molecule has 0 amide bonds. The van der Waals surface area contributed by atoms with Gasteiger partial charge in [0.15, 0.2) is 0 Å². The van der Waals surface area contributed by atoms with Gasteiger partial charge in [-0.25, -0.2) is 9.37 Å². The SMILES string of the molecule is Cc1cnc(C)c(NC(C)c2ccccc2F)n1. The van der Waals surface area contributed by atoms with E-state index in [0.717, 1.165) is 11.4 Å². The Kier molecular flexibility index (Phi) is 3.55. The van der Waals surface area contributed by atoms with Crippen molar-refractivity contribution in [3.63, 3.8) is 0 Å². The topological polar surface area (TPSA) is 37.8 Å². The number of nitrogens with zero attached hydrogens (tertiary/aromatic N) is 2. The van der Waals surface area contributed by atoms with Gasteiger partial charge in [0.2, 0.25) is 0 Å². The molecule has 1 unspecified atom stereocenters. The zero-order chi connectivity index (χ0) is 13.1. The van der Waals surface area contributed by atoms with E-state index in [4.69, 9.17) is 0 Å². The van der Waals surface area contributed by atoms with E-state index < -0.39 is 0 Å². The standard InChI is InChI=1S/C14H16FN3/c1-9-8-16-11(3)14(17-9)18-10(2)12-6-4-5-7-13(12)15/h4-8,10H,1-3H3,(H,17,18). The second-order valence-corrected chi connectivity index (χ2v) is 4.33. The van der Waals surface area contributed by atoms with E-state index >= 15 is 0 Å². The third-order valence-electron chi connectivity index (χ3n) is 2.80. The van der Waals surface area contributed by atoms with E-state index in [1.54, 1.807) is 18.3 Å². The van der Waals surface area contributed by atoms with Crippen LogP contribution in [-0.2, 0) is 0 Å². The second-order valence-electron chi connectivity index (χ2n) is 4.33. The third kappa shape index (κ3) is 2.64. The van der Waals surface area contributed by atoms with E-state index in [-0.39, 0.29) is 11.9 Å². The molecule has 0 aliphatic heterocycles. The zero-order valence-electron chi connectivity index (χ0n) is 10.7. The predicted molar refractivity (Wildman–Crippen MR) is 69.9 cm³/mol. The lowest BCUT2D eigenvalue weighted by atomic mass is 10.1. The summed E-state index contributed by atoms with van der Waals surface area (Å²) in [5.41, 5.74) is 2.27. The number of hydrogen-bond acceptors (Lipinski definition) is 3. The summed E-state index contributed by atoms with van der Waals surface area (Å²) in [7, 11) is 0. The normalized spacial score (nSPS) is 12.2. The van der Waals surface area contributed by atoms with Gasteiger partial charge in [0.05, 0.1) is 17.4 Å². The van der Waals surface area contributed by atoms with Crippen molar-refractivity contribution in [2.45, 2.75) is 26.8 Å². The smallest absolute Gasteiger partial charge is 0.148 e. The van der Waals surface area contributed by atoms with E-state index in [9.17, 15) is 4.39 Å². The first-order valence-electron chi connectivity index (χ1n) is 5.89. The summed E-state index contributed by atoms with van der Waals surface area (Å²) in [5.74, 6) is 0.488. The molecule has 0 saturated carbocycles. The van der Waals surface area contributed by atoms with Gasteiger partial charge in [-0.05, 0) is 26.8 Å². The van der Waals surface area contributed by atoms with Gasteiger partial charge in [0.1, 0.15) is 11.6 Å². The summed E-state index contributed by atoms with van der Waals surface area (Å²) in [6.07, 6.45) is 1.72. The Hall–Kier alpha value is -1.97. The number of anilines is 1. The minimum absolute atomic E-state index is 0.152. The fourth-order valence-corrected chi connectivity index (χ4v) is 1.78. The molecule has 0 bridgehead atoms. The van der Waals surface area contributed by atoms with Crippen LogP contribution in [0, 0.1) is 19.7 Å². The summed E-state index contributed by atoms with van der Waals surface area (Å²) in [5, 5.41) is 3.19. The number of benzene rings is 1. The zero-order valence-corrected chi connectivity index (χ0v) is 10.7. The Morgan fingerprint density at radius 2 is 1.94 bits per heavy atom. The number of halogens is 1. The van der Waals surface area contributed by atoms with Crippen molar-refractivity contribution in [3.8, 4) is 0 Å². The Morgan fingerprint density at radius 3 is 2.67 bits per heavy atom. The average Bonchev–Trinajstić information content (AvgIpc) is 2.34. The van der Waals surface area contributed by atoms with Crippen molar-refractivity contribution in [1.29, 1.82) is 0 Å². The van der Waals surface area contributed by atoms with E-state index in [0.29, 0.717) is 11.4 Å². The lowest BCUT2D eigenvalue weighted by molar-refractivity contribution is 0.600. The summed E-state index contributed by atoms with van der Waals surface area (Å²) in [6.45, 7) is 5.66. The van der Waals surface area contributed by atoms with Gasteiger partial charge >= 0.3 is 0 Å². The monoisotopic (exact) mass is 245 g/mol. The van der Waals surface area contributed by atoms with Crippen LogP contribution in [0.1, 0.15) is 29.9 Å². The minimum Gasteiger partial charge on any atom is -0.362 e. The van der Waals surface area contributed by atoms with Crippen LogP contribution in [0.2, 0.25) is 0 Å². The van der Waals surface area contributed by atoms with Crippen LogP contribution in [0.4, 0.5) is 10.2 Å².